The molecule has 0 saturated heterocycles. The molecule has 2 atom stereocenters. The number of hydrogen-bond acceptors (Lipinski definition) is 5. The number of rotatable bonds is 8. The Morgan fingerprint density at radius 2 is 2.04 bits per heavy atom. The van der Waals surface area contributed by atoms with Crippen molar-refractivity contribution in [1.82, 2.24) is 9.97 Å². The van der Waals surface area contributed by atoms with E-state index < -0.39 is 23.8 Å². The first-order chi connectivity index (χ1) is 12.8. The minimum atomic E-state index is -1.22. The lowest BCUT2D eigenvalue weighted by atomic mass is 9.96. The van der Waals surface area contributed by atoms with E-state index in [4.69, 9.17) is 9.47 Å². The van der Waals surface area contributed by atoms with Crippen LogP contribution in [0.3, 0.4) is 0 Å². The highest BCUT2D eigenvalue weighted by molar-refractivity contribution is 6.03. The number of ether oxygens (including phenoxy) is 2. The van der Waals surface area contributed by atoms with E-state index in [1.165, 1.54) is 31.3 Å². The van der Waals surface area contributed by atoms with Crippen LogP contribution in [0.1, 0.15) is 41.5 Å². The fraction of sp³-hybridized carbons (Fsp3) is 0.421. The highest BCUT2D eigenvalue weighted by Gasteiger charge is 2.19. The van der Waals surface area contributed by atoms with E-state index in [1.54, 1.807) is 21.0 Å². The lowest BCUT2D eigenvalue weighted by Gasteiger charge is -2.16. The molecular formula is C19H23F2N3O3. The number of aryl methyl sites for hydroxylation is 1. The van der Waals surface area contributed by atoms with Gasteiger partial charge in [0, 0.05) is 18.7 Å². The molecule has 0 aliphatic carbocycles. The van der Waals surface area contributed by atoms with Crippen molar-refractivity contribution >= 4 is 11.6 Å². The van der Waals surface area contributed by atoms with Gasteiger partial charge in [0.25, 0.3) is 5.91 Å². The summed E-state index contributed by atoms with van der Waals surface area (Å²) in [6.07, 6.45) is 0.129. The second kappa shape index (κ2) is 9.36. The Balaban J connectivity index is 2.14. The fourth-order valence-electron chi connectivity index (χ4n) is 2.39. The second-order valence-electron chi connectivity index (χ2n) is 6.14. The van der Waals surface area contributed by atoms with Crippen LogP contribution < -0.4 is 10.1 Å². The Hall–Kier alpha value is -2.61. The summed E-state index contributed by atoms with van der Waals surface area (Å²) in [5.74, 6) is -1.36. The van der Waals surface area contributed by atoms with Gasteiger partial charge in [0.2, 0.25) is 5.88 Å². The summed E-state index contributed by atoms with van der Waals surface area (Å²) in [5, 5.41) is 2.64. The first kappa shape index (κ1) is 20.7. The summed E-state index contributed by atoms with van der Waals surface area (Å²) in [6, 6.07) is 4.05. The monoisotopic (exact) mass is 379 g/mol. The smallest absolute Gasteiger partial charge is 0.276 e. The number of benzene rings is 1. The van der Waals surface area contributed by atoms with E-state index in [-0.39, 0.29) is 17.1 Å². The van der Waals surface area contributed by atoms with E-state index in [0.29, 0.717) is 24.6 Å². The third-order valence-electron chi connectivity index (χ3n) is 4.11. The molecule has 1 heterocycles. The average molecular weight is 379 g/mol. The molecule has 27 heavy (non-hydrogen) atoms. The molecule has 1 aromatic heterocycles. The number of carbonyl (C=O) groups is 1. The van der Waals surface area contributed by atoms with Crippen LogP contribution >= 0.6 is 0 Å². The number of aromatic nitrogens is 2. The quantitative estimate of drug-likeness (QED) is 0.709. The number of carbonyl (C=O) groups excluding carboxylic acids is 1. The average Bonchev–Trinajstić information content (AvgIpc) is 2.63. The summed E-state index contributed by atoms with van der Waals surface area (Å²) in [7, 11) is 1.56. The maximum absolute atomic E-state index is 14.0. The van der Waals surface area contributed by atoms with Gasteiger partial charge in [-0.25, -0.2) is 18.7 Å². The maximum atomic E-state index is 14.0. The van der Waals surface area contributed by atoms with Crippen molar-refractivity contribution in [2.45, 2.75) is 32.9 Å². The number of halogens is 2. The van der Waals surface area contributed by atoms with E-state index in [0.717, 1.165) is 0 Å². The number of alkyl halides is 1. The standard InChI is InChI=1S/C19H23F2N3O3/c1-11(12(2)20)15-9-14(5-6-16(15)21)24-19(25)18-13(3)23-17(10-22-18)27-8-7-26-4/h5-6,9-12H,7-8H2,1-4H3,(H,24,25). The van der Waals surface area contributed by atoms with Gasteiger partial charge in [0.1, 0.15) is 24.3 Å². The minimum Gasteiger partial charge on any atom is -0.474 e. The molecule has 0 bridgehead atoms. The Morgan fingerprint density at radius 1 is 1.30 bits per heavy atom. The molecule has 8 heteroatoms. The van der Waals surface area contributed by atoms with Gasteiger partial charge in [0.05, 0.1) is 18.5 Å². The van der Waals surface area contributed by atoms with Gasteiger partial charge < -0.3 is 14.8 Å². The molecule has 1 aromatic carbocycles. The van der Waals surface area contributed by atoms with Gasteiger partial charge in [-0.05, 0) is 37.6 Å². The van der Waals surface area contributed by atoms with Crippen molar-refractivity contribution in [1.29, 1.82) is 0 Å². The topological polar surface area (TPSA) is 73.3 Å². The van der Waals surface area contributed by atoms with Crippen molar-refractivity contribution in [3.05, 3.63) is 47.2 Å². The Kier molecular flexibility index (Phi) is 7.18. The molecule has 0 saturated carbocycles. The summed E-state index contributed by atoms with van der Waals surface area (Å²) >= 11 is 0. The predicted molar refractivity (Wildman–Crippen MR) is 97.5 cm³/mol. The van der Waals surface area contributed by atoms with Crippen LogP contribution in [0.5, 0.6) is 5.88 Å². The number of hydrogen-bond donors (Lipinski definition) is 1. The summed E-state index contributed by atoms with van der Waals surface area (Å²) < 4.78 is 37.7. The van der Waals surface area contributed by atoms with Crippen LogP contribution in [0.25, 0.3) is 0 Å². The Morgan fingerprint density at radius 3 is 2.67 bits per heavy atom. The number of amides is 1. The molecule has 0 fully saturated rings. The Labute approximate surface area is 156 Å². The molecule has 2 unspecified atom stereocenters. The van der Waals surface area contributed by atoms with Gasteiger partial charge in [-0.2, -0.15) is 0 Å². The van der Waals surface area contributed by atoms with E-state index in [1.807, 2.05) is 0 Å². The van der Waals surface area contributed by atoms with Crippen LogP contribution in [0.15, 0.2) is 24.4 Å². The maximum Gasteiger partial charge on any atom is 0.276 e. The SMILES string of the molecule is COCCOc1cnc(C(=O)Nc2ccc(F)c(C(C)C(C)F)c2)c(C)n1. The van der Waals surface area contributed by atoms with Crippen LogP contribution in [0.2, 0.25) is 0 Å². The van der Waals surface area contributed by atoms with Crippen molar-refractivity contribution < 1.29 is 23.0 Å². The highest BCUT2D eigenvalue weighted by Crippen LogP contribution is 2.27. The molecule has 1 amide bonds. The van der Waals surface area contributed by atoms with E-state index >= 15 is 0 Å². The first-order valence-corrected chi connectivity index (χ1v) is 8.53. The third-order valence-corrected chi connectivity index (χ3v) is 4.11. The number of methoxy groups -OCH3 is 1. The summed E-state index contributed by atoms with van der Waals surface area (Å²) in [4.78, 5) is 20.7. The molecule has 0 aliphatic heterocycles. The molecule has 146 valence electrons. The minimum absolute atomic E-state index is 0.117. The normalized spacial score (nSPS) is 13.1. The number of nitrogens with zero attached hydrogens (tertiary/aromatic N) is 2. The number of anilines is 1. The first-order valence-electron chi connectivity index (χ1n) is 8.53. The van der Waals surface area contributed by atoms with Gasteiger partial charge in [-0.3, -0.25) is 4.79 Å². The van der Waals surface area contributed by atoms with Crippen LogP contribution in [-0.4, -0.2) is 42.4 Å². The predicted octanol–water partition coefficient (Wildman–Crippen LogP) is 3.66. The van der Waals surface area contributed by atoms with Gasteiger partial charge in [0.15, 0.2) is 0 Å². The van der Waals surface area contributed by atoms with Crippen molar-refractivity contribution in [2.24, 2.45) is 0 Å². The van der Waals surface area contributed by atoms with Gasteiger partial charge in [-0.1, -0.05) is 6.92 Å². The van der Waals surface area contributed by atoms with Crippen molar-refractivity contribution in [2.75, 3.05) is 25.6 Å². The second-order valence-corrected chi connectivity index (χ2v) is 6.14. The fourth-order valence-corrected chi connectivity index (χ4v) is 2.39. The van der Waals surface area contributed by atoms with Gasteiger partial charge >= 0.3 is 0 Å². The lowest BCUT2D eigenvalue weighted by molar-refractivity contribution is 0.102. The van der Waals surface area contributed by atoms with E-state index in [9.17, 15) is 13.6 Å². The summed E-state index contributed by atoms with van der Waals surface area (Å²) in [5.41, 5.74) is 1.06. The van der Waals surface area contributed by atoms with Crippen molar-refractivity contribution in [3.63, 3.8) is 0 Å². The molecule has 1 N–H and O–H groups in total. The van der Waals surface area contributed by atoms with Crippen LogP contribution in [0, 0.1) is 12.7 Å². The van der Waals surface area contributed by atoms with Gasteiger partial charge in [-0.15, -0.1) is 0 Å². The molecule has 0 aliphatic rings. The molecule has 2 aromatic rings. The van der Waals surface area contributed by atoms with Crippen LogP contribution in [0.4, 0.5) is 14.5 Å². The largest absolute Gasteiger partial charge is 0.474 e. The third kappa shape index (κ3) is 5.43. The molecular weight excluding hydrogens is 356 g/mol. The van der Waals surface area contributed by atoms with Crippen molar-refractivity contribution in [3.8, 4) is 5.88 Å². The molecule has 0 radical (unpaired) electrons. The Bertz CT molecular complexity index is 800. The zero-order chi connectivity index (χ0) is 20.0. The lowest BCUT2D eigenvalue weighted by Crippen LogP contribution is -2.17. The zero-order valence-corrected chi connectivity index (χ0v) is 15.8. The highest BCUT2D eigenvalue weighted by atomic mass is 19.1. The zero-order valence-electron chi connectivity index (χ0n) is 15.8. The molecule has 6 nitrogen and oxygen atoms in total. The number of nitrogens with one attached hydrogen (secondary N) is 1. The van der Waals surface area contributed by atoms with Crippen LogP contribution in [-0.2, 0) is 4.74 Å². The molecule has 2 rings (SSSR count). The van der Waals surface area contributed by atoms with E-state index in [2.05, 4.69) is 15.3 Å². The molecule has 0 spiro atoms. The summed E-state index contributed by atoms with van der Waals surface area (Å²) in [6.45, 7) is 5.32.